The zero-order valence-corrected chi connectivity index (χ0v) is 25.2. The van der Waals surface area contributed by atoms with Gasteiger partial charge in [0.1, 0.15) is 6.54 Å². The number of benzene rings is 3. The number of ether oxygens (including phenoxy) is 2. The summed E-state index contributed by atoms with van der Waals surface area (Å²) in [7, 11) is 0. The first kappa shape index (κ1) is 30.7. The van der Waals surface area contributed by atoms with Crippen LogP contribution in [-0.4, -0.2) is 47.6 Å². The van der Waals surface area contributed by atoms with Crippen molar-refractivity contribution < 1.29 is 28.7 Å². The van der Waals surface area contributed by atoms with E-state index in [4.69, 9.17) is 21.1 Å². The number of nitrogens with zero attached hydrogens (tertiary/aromatic N) is 1. The molecule has 2 N–H and O–H groups in total. The number of amides is 4. The van der Waals surface area contributed by atoms with Gasteiger partial charge in [0.15, 0.2) is 18.1 Å². The van der Waals surface area contributed by atoms with Gasteiger partial charge in [0, 0.05) is 16.4 Å². The smallest absolute Gasteiger partial charge is 0.294 e. The molecule has 1 fully saturated rings. The van der Waals surface area contributed by atoms with Crippen LogP contribution >= 0.6 is 23.4 Å². The van der Waals surface area contributed by atoms with Crippen molar-refractivity contribution in [3.63, 3.8) is 0 Å². The third-order valence-corrected chi connectivity index (χ3v) is 7.29. The number of aryl methyl sites for hydroxylation is 3. The van der Waals surface area contributed by atoms with E-state index in [2.05, 4.69) is 10.6 Å². The summed E-state index contributed by atoms with van der Waals surface area (Å²) in [4.78, 5) is 51.9. The van der Waals surface area contributed by atoms with Crippen LogP contribution in [0.15, 0.2) is 59.5 Å². The highest BCUT2D eigenvalue weighted by Gasteiger charge is 2.36. The summed E-state index contributed by atoms with van der Waals surface area (Å²) in [5.41, 5.74) is 4.66. The Balaban J connectivity index is 1.42. The van der Waals surface area contributed by atoms with Gasteiger partial charge < -0.3 is 20.1 Å². The second-order valence-electron chi connectivity index (χ2n) is 9.58. The third kappa shape index (κ3) is 7.71. The van der Waals surface area contributed by atoms with Crippen LogP contribution in [0.5, 0.6) is 11.5 Å². The first-order valence-corrected chi connectivity index (χ1v) is 14.3. The molecule has 0 atom stereocenters. The highest BCUT2D eigenvalue weighted by molar-refractivity contribution is 8.18. The number of anilines is 2. The van der Waals surface area contributed by atoms with E-state index in [0.717, 1.165) is 33.4 Å². The molecule has 42 heavy (non-hydrogen) atoms. The fraction of sp³-hybridized carbons (Fsp3) is 0.226. The Morgan fingerprint density at radius 3 is 2.36 bits per heavy atom. The van der Waals surface area contributed by atoms with Gasteiger partial charge in [0.25, 0.3) is 17.1 Å². The van der Waals surface area contributed by atoms with Gasteiger partial charge in [0.2, 0.25) is 5.91 Å². The van der Waals surface area contributed by atoms with Crippen LogP contribution < -0.4 is 20.1 Å². The SMILES string of the molecule is CCOc1cc(/C=C2/SC(=O)N(CC(=O)Nc3c(C)cc(C)cc3C)C2=O)ccc1OCC(=O)Nc1cccc(Cl)c1. The molecule has 218 valence electrons. The van der Waals surface area contributed by atoms with Gasteiger partial charge in [-0.3, -0.25) is 24.1 Å². The molecule has 1 saturated heterocycles. The van der Waals surface area contributed by atoms with Crippen molar-refractivity contribution >= 4 is 63.8 Å². The Hall–Kier alpha value is -4.28. The second kappa shape index (κ2) is 13.6. The van der Waals surface area contributed by atoms with Crippen LogP contribution in [0.3, 0.4) is 0 Å². The number of nitrogens with one attached hydrogen (secondary N) is 2. The van der Waals surface area contributed by atoms with Crippen molar-refractivity contribution in [3.8, 4) is 11.5 Å². The van der Waals surface area contributed by atoms with Gasteiger partial charge in [-0.2, -0.15) is 0 Å². The predicted molar refractivity (Wildman–Crippen MR) is 165 cm³/mol. The second-order valence-corrected chi connectivity index (χ2v) is 11.0. The lowest BCUT2D eigenvalue weighted by molar-refractivity contribution is -0.127. The van der Waals surface area contributed by atoms with Gasteiger partial charge in [-0.05, 0) is 92.6 Å². The number of hydrogen-bond donors (Lipinski definition) is 2. The minimum Gasteiger partial charge on any atom is -0.490 e. The van der Waals surface area contributed by atoms with Crippen LogP contribution in [0, 0.1) is 20.8 Å². The molecule has 4 amide bonds. The molecule has 0 aromatic heterocycles. The molecule has 1 aliphatic heterocycles. The fourth-order valence-corrected chi connectivity index (χ4v) is 5.42. The maximum atomic E-state index is 13.0. The van der Waals surface area contributed by atoms with Crippen LogP contribution in [0.25, 0.3) is 6.08 Å². The molecule has 0 aliphatic carbocycles. The number of carbonyl (C=O) groups is 4. The summed E-state index contributed by atoms with van der Waals surface area (Å²) in [5.74, 6) is -0.707. The molecule has 3 aromatic rings. The summed E-state index contributed by atoms with van der Waals surface area (Å²) in [5, 5.41) is 5.49. The first-order valence-electron chi connectivity index (χ1n) is 13.1. The van der Waals surface area contributed by atoms with Gasteiger partial charge >= 0.3 is 0 Å². The standard InChI is InChI=1S/C31H30ClN3O6S/c1-5-40-25-13-21(9-10-24(25)41-17-28(37)33-23-8-6-7-22(32)15-23)14-26-30(38)35(31(39)42-26)16-27(36)34-29-19(3)11-18(2)12-20(29)4/h6-15H,5,16-17H2,1-4H3,(H,33,37)(H,34,36)/b26-14+. The van der Waals surface area contributed by atoms with E-state index >= 15 is 0 Å². The highest BCUT2D eigenvalue weighted by atomic mass is 35.5. The highest BCUT2D eigenvalue weighted by Crippen LogP contribution is 2.35. The summed E-state index contributed by atoms with van der Waals surface area (Å²) < 4.78 is 11.4. The fourth-order valence-electron chi connectivity index (χ4n) is 4.40. The van der Waals surface area contributed by atoms with Crippen LogP contribution in [-0.2, 0) is 14.4 Å². The van der Waals surface area contributed by atoms with Gasteiger partial charge in [0.05, 0.1) is 11.5 Å². The lowest BCUT2D eigenvalue weighted by Gasteiger charge is -2.16. The van der Waals surface area contributed by atoms with Crippen molar-refractivity contribution in [3.05, 3.63) is 86.8 Å². The number of hydrogen-bond acceptors (Lipinski definition) is 7. The number of carbonyl (C=O) groups excluding carboxylic acids is 4. The van der Waals surface area contributed by atoms with E-state index in [0.29, 0.717) is 40.1 Å². The molecular weight excluding hydrogens is 578 g/mol. The van der Waals surface area contributed by atoms with E-state index in [9.17, 15) is 19.2 Å². The monoisotopic (exact) mass is 607 g/mol. The van der Waals surface area contributed by atoms with Crippen molar-refractivity contribution in [1.29, 1.82) is 0 Å². The molecule has 1 aliphatic rings. The lowest BCUT2D eigenvalue weighted by Crippen LogP contribution is -2.36. The molecule has 0 bridgehead atoms. The Morgan fingerprint density at radius 2 is 1.67 bits per heavy atom. The summed E-state index contributed by atoms with van der Waals surface area (Å²) >= 11 is 6.72. The molecule has 0 unspecified atom stereocenters. The molecule has 1 heterocycles. The van der Waals surface area contributed by atoms with E-state index in [1.165, 1.54) is 0 Å². The normalized spacial score (nSPS) is 13.8. The molecule has 4 rings (SSSR count). The maximum absolute atomic E-state index is 13.0. The summed E-state index contributed by atoms with van der Waals surface area (Å²) in [6, 6.07) is 15.6. The Morgan fingerprint density at radius 1 is 0.929 bits per heavy atom. The number of rotatable bonds is 10. The van der Waals surface area contributed by atoms with Crippen LogP contribution in [0.4, 0.5) is 16.2 Å². The van der Waals surface area contributed by atoms with Gasteiger partial charge in [-0.25, -0.2) is 0 Å². The van der Waals surface area contributed by atoms with Gasteiger partial charge in [-0.15, -0.1) is 0 Å². The van der Waals surface area contributed by atoms with Crippen molar-refractivity contribution in [1.82, 2.24) is 4.90 Å². The number of thioether (sulfide) groups is 1. The molecule has 0 saturated carbocycles. The summed E-state index contributed by atoms with van der Waals surface area (Å²) in [6.07, 6.45) is 1.55. The quantitative estimate of drug-likeness (QED) is 0.258. The maximum Gasteiger partial charge on any atom is 0.294 e. The zero-order chi connectivity index (χ0) is 30.4. The van der Waals surface area contributed by atoms with Crippen molar-refractivity contribution in [2.45, 2.75) is 27.7 Å². The molecule has 3 aromatic carbocycles. The Kier molecular flexibility index (Phi) is 9.92. The zero-order valence-electron chi connectivity index (χ0n) is 23.6. The number of imide groups is 1. The lowest BCUT2D eigenvalue weighted by atomic mass is 10.1. The minimum absolute atomic E-state index is 0.174. The van der Waals surface area contributed by atoms with E-state index in [1.54, 1.807) is 55.5 Å². The van der Waals surface area contributed by atoms with E-state index < -0.39 is 23.6 Å². The topological polar surface area (TPSA) is 114 Å². The predicted octanol–water partition coefficient (Wildman–Crippen LogP) is 6.36. The Bertz CT molecular complexity index is 1570. The average molecular weight is 608 g/mol. The van der Waals surface area contributed by atoms with Crippen LogP contribution in [0.1, 0.15) is 29.2 Å². The van der Waals surface area contributed by atoms with Gasteiger partial charge in [-0.1, -0.05) is 41.4 Å². The Labute approximate surface area is 253 Å². The minimum atomic E-state index is -0.562. The first-order chi connectivity index (χ1) is 20.0. The van der Waals surface area contributed by atoms with E-state index in [-0.39, 0.29) is 17.4 Å². The molecule has 0 spiro atoms. The van der Waals surface area contributed by atoms with Crippen molar-refractivity contribution in [2.75, 3.05) is 30.4 Å². The number of halogens is 1. The molecular formula is C31H30ClN3O6S. The summed E-state index contributed by atoms with van der Waals surface area (Å²) in [6.45, 7) is 7.22. The molecule has 11 heteroatoms. The largest absolute Gasteiger partial charge is 0.490 e. The molecule has 9 nitrogen and oxygen atoms in total. The van der Waals surface area contributed by atoms with Crippen LogP contribution in [0.2, 0.25) is 5.02 Å². The molecule has 0 radical (unpaired) electrons. The van der Waals surface area contributed by atoms with E-state index in [1.807, 2.05) is 32.9 Å². The van der Waals surface area contributed by atoms with Crippen molar-refractivity contribution in [2.24, 2.45) is 0 Å². The third-order valence-electron chi connectivity index (χ3n) is 6.15. The average Bonchev–Trinajstić information content (AvgIpc) is 3.17.